The molecule has 1 aromatic rings. The largest absolute Gasteiger partial charge is 0.322 e. The van der Waals surface area contributed by atoms with Gasteiger partial charge in [-0.05, 0) is 24.0 Å². The molecule has 4 nitrogen and oxygen atoms in total. The van der Waals surface area contributed by atoms with Crippen LogP contribution in [-0.4, -0.2) is 11.9 Å². The third-order valence-electron chi connectivity index (χ3n) is 2.90. The van der Waals surface area contributed by atoms with E-state index in [4.69, 9.17) is 0 Å². The second-order valence-electron chi connectivity index (χ2n) is 4.73. The normalized spacial score (nSPS) is 19.4. The average molecular weight is 232 g/mol. The SMILES string of the molecule is Cc1cc(C(C)C)cc(C2NC(=O)NC2=O)c1. The summed E-state index contributed by atoms with van der Waals surface area (Å²) in [5.41, 5.74) is 3.12. The van der Waals surface area contributed by atoms with E-state index < -0.39 is 12.1 Å². The van der Waals surface area contributed by atoms with Crippen LogP contribution in [0.2, 0.25) is 0 Å². The maximum absolute atomic E-state index is 11.6. The summed E-state index contributed by atoms with van der Waals surface area (Å²) in [6.45, 7) is 6.20. The highest BCUT2D eigenvalue weighted by Crippen LogP contribution is 2.23. The van der Waals surface area contributed by atoms with E-state index in [9.17, 15) is 9.59 Å². The zero-order valence-electron chi connectivity index (χ0n) is 10.2. The van der Waals surface area contributed by atoms with E-state index >= 15 is 0 Å². The van der Waals surface area contributed by atoms with Gasteiger partial charge in [0.15, 0.2) is 0 Å². The topological polar surface area (TPSA) is 58.2 Å². The fourth-order valence-corrected chi connectivity index (χ4v) is 1.99. The van der Waals surface area contributed by atoms with Crippen LogP contribution in [0.25, 0.3) is 0 Å². The number of amides is 3. The molecule has 0 spiro atoms. The molecule has 0 saturated carbocycles. The van der Waals surface area contributed by atoms with Crippen LogP contribution in [0.5, 0.6) is 0 Å². The number of rotatable bonds is 2. The van der Waals surface area contributed by atoms with Crippen molar-refractivity contribution in [1.82, 2.24) is 10.6 Å². The van der Waals surface area contributed by atoms with Crippen molar-refractivity contribution in [3.8, 4) is 0 Å². The van der Waals surface area contributed by atoms with Crippen LogP contribution >= 0.6 is 0 Å². The van der Waals surface area contributed by atoms with Gasteiger partial charge < -0.3 is 5.32 Å². The van der Waals surface area contributed by atoms with E-state index in [1.165, 1.54) is 5.56 Å². The minimum absolute atomic E-state index is 0.282. The zero-order chi connectivity index (χ0) is 12.6. The summed E-state index contributed by atoms with van der Waals surface area (Å²) in [5, 5.41) is 4.86. The number of benzene rings is 1. The number of aryl methyl sites for hydroxylation is 1. The molecule has 17 heavy (non-hydrogen) atoms. The van der Waals surface area contributed by atoms with Gasteiger partial charge in [0.1, 0.15) is 6.04 Å². The van der Waals surface area contributed by atoms with Crippen molar-refractivity contribution in [2.45, 2.75) is 32.7 Å². The van der Waals surface area contributed by atoms with Crippen molar-refractivity contribution in [1.29, 1.82) is 0 Å². The van der Waals surface area contributed by atoms with Crippen molar-refractivity contribution in [3.05, 3.63) is 34.9 Å². The van der Waals surface area contributed by atoms with Gasteiger partial charge in [0, 0.05) is 0 Å². The maximum atomic E-state index is 11.6. The Morgan fingerprint density at radius 3 is 2.41 bits per heavy atom. The van der Waals surface area contributed by atoms with Crippen molar-refractivity contribution < 1.29 is 9.59 Å². The summed E-state index contributed by atoms with van der Waals surface area (Å²) >= 11 is 0. The van der Waals surface area contributed by atoms with Crippen LogP contribution in [0.1, 0.15) is 42.5 Å². The lowest BCUT2D eigenvalue weighted by Gasteiger charge is -2.13. The molecule has 2 N–H and O–H groups in total. The fourth-order valence-electron chi connectivity index (χ4n) is 1.99. The summed E-state index contributed by atoms with van der Waals surface area (Å²) in [7, 11) is 0. The van der Waals surface area contributed by atoms with E-state index in [1.807, 2.05) is 19.1 Å². The van der Waals surface area contributed by atoms with Gasteiger partial charge in [-0.25, -0.2) is 4.79 Å². The molecular weight excluding hydrogens is 216 g/mol. The number of hydrogen-bond acceptors (Lipinski definition) is 2. The zero-order valence-corrected chi connectivity index (χ0v) is 10.2. The van der Waals surface area contributed by atoms with Crippen LogP contribution in [-0.2, 0) is 4.79 Å². The van der Waals surface area contributed by atoms with E-state index in [1.54, 1.807) is 0 Å². The van der Waals surface area contributed by atoms with E-state index in [2.05, 4.69) is 30.5 Å². The first-order valence-corrected chi connectivity index (χ1v) is 5.70. The first-order chi connectivity index (χ1) is 7.97. The van der Waals surface area contributed by atoms with Crippen molar-refractivity contribution in [2.24, 2.45) is 0 Å². The Hall–Kier alpha value is -1.84. The molecule has 0 aliphatic carbocycles. The predicted octanol–water partition coefficient (Wildman–Crippen LogP) is 2.00. The molecule has 0 radical (unpaired) electrons. The van der Waals surface area contributed by atoms with E-state index in [0.717, 1.165) is 11.1 Å². The molecule has 1 atom stereocenters. The first kappa shape index (κ1) is 11.6. The molecule has 90 valence electrons. The Balaban J connectivity index is 2.38. The summed E-state index contributed by atoms with van der Waals surface area (Å²) in [4.78, 5) is 22.7. The molecule has 1 heterocycles. The second-order valence-corrected chi connectivity index (χ2v) is 4.73. The Labute approximate surface area is 100 Å². The lowest BCUT2D eigenvalue weighted by Crippen LogP contribution is -2.22. The lowest BCUT2D eigenvalue weighted by molar-refractivity contribution is -0.120. The quantitative estimate of drug-likeness (QED) is 0.766. The third-order valence-corrected chi connectivity index (χ3v) is 2.90. The lowest BCUT2D eigenvalue weighted by atomic mass is 9.95. The summed E-state index contributed by atoms with van der Waals surface area (Å²) in [6, 6.07) is 5.03. The molecule has 1 saturated heterocycles. The summed E-state index contributed by atoms with van der Waals surface area (Å²) in [6.07, 6.45) is 0. The predicted molar refractivity (Wildman–Crippen MR) is 64.7 cm³/mol. The molecular formula is C13H16N2O2. The first-order valence-electron chi connectivity index (χ1n) is 5.70. The number of carbonyl (C=O) groups excluding carboxylic acids is 2. The number of imide groups is 1. The third kappa shape index (κ3) is 2.30. The van der Waals surface area contributed by atoms with Gasteiger partial charge in [-0.2, -0.15) is 0 Å². The van der Waals surface area contributed by atoms with E-state index in [0.29, 0.717) is 5.92 Å². The van der Waals surface area contributed by atoms with Gasteiger partial charge in [0.2, 0.25) is 0 Å². The average Bonchev–Trinajstić information content (AvgIpc) is 2.57. The van der Waals surface area contributed by atoms with Crippen LogP contribution in [0.4, 0.5) is 4.79 Å². The molecule has 4 heteroatoms. The molecule has 0 bridgehead atoms. The number of nitrogens with one attached hydrogen (secondary N) is 2. The molecule has 1 aliphatic rings. The molecule has 3 amide bonds. The van der Waals surface area contributed by atoms with Crippen molar-refractivity contribution in [3.63, 3.8) is 0 Å². The van der Waals surface area contributed by atoms with Crippen LogP contribution in [0, 0.1) is 6.92 Å². The fraction of sp³-hybridized carbons (Fsp3) is 0.385. The summed E-state index contributed by atoms with van der Waals surface area (Å²) < 4.78 is 0. The molecule has 1 aliphatic heterocycles. The van der Waals surface area contributed by atoms with Gasteiger partial charge in [0.05, 0.1) is 0 Å². The van der Waals surface area contributed by atoms with Gasteiger partial charge in [-0.15, -0.1) is 0 Å². The van der Waals surface area contributed by atoms with Gasteiger partial charge >= 0.3 is 6.03 Å². The molecule has 2 rings (SSSR count). The Morgan fingerprint density at radius 1 is 1.18 bits per heavy atom. The molecule has 0 aromatic heterocycles. The molecule has 1 fully saturated rings. The highest BCUT2D eigenvalue weighted by molar-refractivity contribution is 6.04. The highest BCUT2D eigenvalue weighted by atomic mass is 16.2. The monoisotopic (exact) mass is 232 g/mol. The summed E-state index contributed by atoms with van der Waals surface area (Å²) in [5.74, 6) is 0.115. The minimum Gasteiger partial charge on any atom is -0.322 e. The standard InChI is InChI=1S/C13H16N2O2/c1-7(2)9-4-8(3)5-10(6-9)11-12(16)15-13(17)14-11/h4-7,11H,1-3H3,(H2,14,15,16,17). The number of hydrogen-bond donors (Lipinski definition) is 2. The van der Waals surface area contributed by atoms with Gasteiger partial charge in [-0.3, -0.25) is 10.1 Å². The minimum atomic E-state index is -0.556. The number of urea groups is 1. The maximum Gasteiger partial charge on any atom is 0.322 e. The highest BCUT2D eigenvalue weighted by Gasteiger charge is 2.31. The van der Waals surface area contributed by atoms with Gasteiger partial charge in [0.25, 0.3) is 5.91 Å². The van der Waals surface area contributed by atoms with Crippen LogP contribution in [0.3, 0.4) is 0 Å². The molecule has 1 unspecified atom stereocenters. The Bertz CT molecular complexity index is 480. The Kier molecular flexibility index (Phi) is 2.88. The van der Waals surface area contributed by atoms with Crippen LogP contribution in [0.15, 0.2) is 18.2 Å². The molecule has 1 aromatic carbocycles. The van der Waals surface area contributed by atoms with Crippen molar-refractivity contribution >= 4 is 11.9 Å². The van der Waals surface area contributed by atoms with Crippen molar-refractivity contribution in [2.75, 3.05) is 0 Å². The van der Waals surface area contributed by atoms with E-state index in [-0.39, 0.29) is 5.91 Å². The smallest absolute Gasteiger partial charge is 0.322 e. The van der Waals surface area contributed by atoms with Gasteiger partial charge in [-0.1, -0.05) is 37.6 Å². The Morgan fingerprint density at radius 2 is 1.88 bits per heavy atom. The second kappa shape index (κ2) is 4.20. The van der Waals surface area contributed by atoms with Crippen LogP contribution < -0.4 is 10.6 Å². The number of carbonyl (C=O) groups is 2.